The number of rotatable bonds is 3. The molecule has 0 spiro atoms. The van der Waals surface area contributed by atoms with Crippen molar-refractivity contribution in [2.45, 2.75) is 19.6 Å². The number of hydrogen-bond acceptors (Lipinski definition) is 4. The van der Waals surface area contributed by atoms with Crippen molar-refractivity contribution in [3.05, 3.63) is 44.8 Å². The molecule has 0 radical (unpaired) electrons. The summed E-state index contributed by atoms with van der Waals surface area (Å²) in [6, 6.07) is 9.74. The van der Waals surface area contributed by atoms with Crippen LogP contribution >= 0.6 is 27.3 Å². The van der Waals surface area contributed by atoms with Gasteiger partial charge in [0, 0.05) is 10.6 Å². The van der Waals surface area contributed by atoms with Gasteiger partial charge in [0.2, 0.25) is 0 Å². The number of halogens is 1. The van der Waals surface area contributed by atoms with E-state index in [9.17, 15) is 5.11 Å². The zero-order valence-corrected chi connectivity index (χ0v) is 13.3. The molecule has 0 aliphatic rings. The van der Waals surface area contributed by atoms with Crippen LogP contribution < -0.4 is 5.73 Å². The monoisotopic (exact) mass is 351 g/mol. The highest BCUT2D eigenvalue weighted by atomic mass is 79.9. The van der Waals surface area contributed by atoms with Gasteiger partial charge >= 0.3 is 0 Å². The molecule has 0 saturated carbocycles. The van der Waals surface area contributed by atoms with E-state index >= 15 is 0 Å². The van der Waals surface area contributed by atoms with Crippen molar-refractivity contribution in [1.82, 2.24) is 9.55 Å². The van der Waals surface area contributed by atoms with Gasteiger partial charge in [-0.15, -0.1) is 11.3 Å². The van der Waals surface area contributed by atoms with Gasteiger partial charge < -0.3 is 15.4 Å². The third-order valence-corrected chi connectivity index (χ3v) is 4.73. The van der Waals surface area contributed by atoms with Crippen LogP contribution in [-0.2, 0) is 6.54 Å². The minimum absolute atomic E-state index is 0.618. The lowest BCUT2D eigenvalue weighted by atomic mass is 10.3. The number of anilines is 1. The predicted molar refractivity (Wildman–Crippen MR) is 85.9 cm³/mol. The molecular weight excluding hydrogens is 338 g/mol. The van der Waals surface area contributed by atoms with Crippen molar-refractivity contribution in [2.75, 3.05) is 5.73 Å². The first-order chi connectivity index (χ1) is 9.54. The highest BCUT2D eigenvalue weighted by molar-refractivity contribution is 9.11. The number of imidazole rings is 1. The Morgan fingerprint density at radius 1 is 1.40 bits per heavy atom. The molecule has 2 aromatic heterocycles. The Hall–Kier alpha value is -1.37. The van der Waals surface area contributed by atoms with Crippen LogP contribution in [0.15, 0.2) is 34.1 Å². The molecule has 0 bridgehead atoms. The predicted octanol–water partition coefficient (Wildman–Crippen LogP) is 3.54. The van der Waals surface area contributed by atoms with Gasteiger partial charge in [0.05, 0.1) is 21.4 Å². The van der Waals surface area contributed by atoms with Crippen molar-refractivity contribution in [3.63, 3.8) is 0 Å². The molecule has 1 unspecified atom stereocenters. The molecule has 0 amide bonds. The second kappa shape index (κ2) is 5.20. The third kappa shape index (κ3) is 2.46. The molecule has 3 rings (SSSR count). The fourth-order valence-electron chi connectivity index (χ4n) is 2.24. The highest BCUT2D eigenvalue weighted by Gasteiger charge is 2.15. The zero-order chi connectivity index (χ0) is 14.3. The Bertz CT molecular complexity index is 763. The summed E-state index contributed by atoms with van der Waals surface area (Å²) < 4.78 is 3.14. The van der Waals surface area contributed by atoms with Gasteiger partial charge in [-0.1, -0.05) is 0 Å². The first-order valence-corrected chi connectivity index (χ1v) is 7.83. The molecule has 1 aromatic carbocycles. The number of nitrogens with two attached hydrogens (primary N) is 1. The van der Waals surface area contributed by atoms with E-state index in [4.69, 9.17) is 5.73 Å². The summed E-state index contributed by atoms with van der Waals surface area (Å²) >= 11 is 5.15. The number of aliphatic hydroxyl groups is 1. The molecule has 6 heteroatoms. The number of thiophene rings is 1. The Morgan fingerprint density at radius 3 is 2.85 bits per heavy atom. The van der Waals surface area contributed by atoms with Crippen molar-refractivity contribution < 1.29 is 5.11 Å². The normalized spacial score (nSPS) is 12.9. The van der Waals surface area contributed by atoms with Gasteiger partial charge in [-0.2, -0.15) is 0 Å². The van der Waals surface area contributed by atoms with Crippen LogP contribution in [0.1, 0.15) is 23.7 Å². The third-order valence-electron chi connectivity index (χ3n) is 3.12. The largest absolute Gasteiger partial charge is 0.399 e. The molecule has 0 saturated heterocycles. The van der Waals surface area contributed by atoms with Crippen LogP contribution in [0.2, 0.25) is 0 Å². The Balaban J connectivity index is 2.13. The average molecular weight is 352 g/mol. The van der Waals surface area contributed by atoms with E-state index in [2.05, 4.69) is 27.0 Å². The van der Waals surface area contributed by atoms with E-state index in [0.29, 0.717) is 18.1 Å². The van der Waals surface area contributed by atoms with Gasteiger partial charge in [-0.3, -0.25) is 0 Å². The van der Waals surface area contributed by atoms with E-state index in [-0.39, 0.29) is 0 Å². The van der Waals surface area contributed by atoms with Crippen molar-refractivity contribution in [2.24, 2.45) is 0 Å². The topological polar surface area (TPSA) is 64.1 Å². The molecule has 0 aliphatic heterocycles. The Labute approximate surface area is 129 Å². The van der Waals surface area contributed by atoms with Gasteiger partial charge in [0.15, 0.2) is 0 Å². The fraction of sp³-hybridized carbons (Fsp3) is 0.214. The van der Waals surface area contributed by atoms with E-state index in [1.165, 1.54) is 4.88 Å². The number of aromatic nitrogens is 2. The second-order valence-electron chi connectivity index (χ2n) is 4.69. The summed E-state index contributed by atoms with van der Waals surface area (Å²) in [5.41, 5.74) is 8.28. The summed E-state index contributed by atoms with van der Waals surface area (Å²) in [7, 11) is 0. The molecule has 3 N–H and O–H groups in total. The lowest BCUT2D eigenvalue weighted by molar-refractivity contribution is 0.185. The second-order valence-corrected chi connectivity index (χ2v) is 7.23. The lowest BCUT2D eigenvalue weighted by Crippen LogP contribution is -2.07. The van der Waals surface area contributed by atoms with Crippen LogP contribution in [0.5, 0.6) is 0 Å². The number of hydrogen-bond donors (Lipinski definition) is 2. The quantitative estimate of drug-likeness (QED) is 0.709. The number of nitrogens with zero attached hydrogens (tertiary/aromatic N) is 2. The number of fused-ring (bicyclic) bond motifs is 1. The van der Waals surface area contributed by atoms with Crippen molar-refractivity contribution in [1.29, 1.82) is 0 Å². The number of benzene rings is 1. The Kier molecular flexibility index (Phi) is 3.54. The Morgan fingerprint density at radius 2 is 2.20 bits per heavy atom. The smallest absolute Gasteiger partial charge is 0.138 e. The van der Waals surface area contributed by atoms with Gasteiger partial charge in [0.1, 0.15) is 11.9 Å². The minimum Gasteiger partial charge on any atom is -0.399 e. The maximum atomic E-state index is 9.94. The number of aliphatic hydroxyl groups excluding tert-OH is 1. The van der Waals surface area contributed by atoms with Crippen molar-refractivity contribution >= 4 is 44.0 Å². The molecule has 20 heavy (non-hydrogen) atoms. The molecule has 0 aliphatic carbocycles. The van der Waals surface area contributed by atoms with Gasteiger partial charge in [-0.25, -0.2) is 4.98 Å². The molecule has 1 atom stereocenters. The van der Waals surface area contributed by atoms with E-state index in [1.807, 2.05) is 28.8 Å². The molecule has 0 fully saturated rings. The summed E-state index contributed by atoms with van der Waals surface area (Å²) in [6.45, 7) is 2.42. The van der Waals surface area contributed by atoms with E-state index in [0.717, 1.165) is 14.8 Å². The van der Waals surface area contributed by atoms with Crippen LogP contribution in [-0.4, -0.2) is 14.7 Å². The SMILES string of the molecule is CC(O)c1nc2cc(N)ccc2n1Cc1ccc(Br)s1. The molecule has 4 nitrogen and oxygen atoms in total. The minimum atomic E-state index is -0.618. The molecule has 3 aromatic rings. The van der Waals surface area contributed by atoms with Crippen LogP contribution in [0.4, 0.5) is 5.69 Å². The number of nitrogen functional groups attached to an aromatic ring is 1. The van der Waals surface area contributed by atoms with Crippen molar-refractivity contribution in [3.8, 4) is 0 Å². The summed E-state index contributed by atoms with van der Waals surface area (Å²) in [4.78, 5) is 5.71. The molecule has 104 valence electrons. The first kappa shape index (κ1) is 13.6. The lowest BCUT2D eigenvalue weighted by Gasteiger charge is -2.09. The first-order valence-electron chi connectivity index (χ1n) is 6.22. The average Bonchev–Trinajstić information content (AvgIpc) is 2.94. The highest BCUT2D eigenvalue weighted by Crippen LogP contribution is 2.27. The van der Waals surface area contributed by atoms with Crippen LogP contribution in [0.3, 0.4) is 0 Å². The van der Waals surface area contributed by atoms with Gasteiger partial charge in [0.25, 0.3) is 0 Å². The fourth-order valence-corrected chi connectivity index (χ4v) is 3.72. The summed E-state index contributed by atoms with van der Waals surface area (Å²) in [6.07, 6.45) is -0.618. The molecular formula is C14H14BrN3OS. The van der Waals surface area contributed by atoms with Crippen LogP contribution in [0, 0.1) is 0 Å². The zero-order valence-electron chi connectivity index (χ0n) is 10.9. The maximum Gasteiger partial charge on any atom is 0.138 e. The summed E-state index contributed by atoms with van der Waals surface area (Å²) in [5.74, 6) is 0.662. The van der Waals surface area contributed by atoms with Gasteiger partial charge in [-0.05, 0) is 53.2 Å². The molecule has 2 heterocycles. The summed E-state index contributed by atoms with van der Waals surface area (Å²) in [5, 5.41) is 9.94. The van der Waals surface area contributed by atoms with E-state index in [1.54, 1.807) is 18.3 Å². The standard InChI is InChI=1S/C14H14BrN3OS/c1-8(19)14-17-11-6-9(16)2-4-12(11)18(14)7-10-3-5-13(15)20-10/h2-6,8,19H,7,16H2,1H3. The van der Waals surface area contributed by atoms with E-state index < -0.39 is 6.10 Å². The van der Waals surface area contributed by atoms with Crippen LogP contribution in [0.25, 0.3) is 11.0 Å². The maximum absolute atomic E-state index is 9.94.